The number of rotatable bonds is 3. The molecule has 1 aliphatic heterocycles. The van der Waals surface area contributed by atoms with Crippen molar-refractivity contribution in [3.05, 3.63) is 41.5 Å². The quantitative estimate of drug-likeness (QED) is 0.674. The molecule has 1 aromatic rings. The average molecular weight is 277 g/mol. The summed E-state index contributed by atoms with van der Waals surface area (Å²) in [6, 6.07) is 6.44. The average Bonchev–Trinajstić information content (AvgIpc) is 2.76. The number of aliphatic carboxylic acids is 1. The van der Waals surface area contributed by atoms with Crippen molar-refractivity contribution in [1.82, 2.24) is 4.90 Å². The second-order valence-corrected chi connectivity index (χ2v) is 4.64. The largest absolute Gasteiger partial charge is 0.478 e. The highest BCUT2D eigenvalue weighted by molar-refractivity contribution is 5.94. The van der Waals surface area contributed by atoms with Gasteiger partial charge < -0.3 is 20.2 Å². The van der Waals surface area contributed by atoms with Crippen LogP contribution in [-0.4, -0.2) is 57.4 Å². The Hall–Kier alpha value is -2.18. The molecule has 1 heterocycles. The van der Waals surface area contributed by atoms with Crippen molar-refractivity contribution in [2.45, 2.75) is 12.2 Å². The van der Waals surface area contributed by atoms with E-state index in [0.29, 0.717) is 11.1 Å². The van der Waals surface area contributed by atoms with E-state index in [0.717, 1.165) is 6.08 Å². The van der Waals surface area contributed by atoms with Gasteiger partial charge in [0.05, 0.1) is 12.2 Å². The molecule has 2 atom stereocenters. The van der Waals surface area contributed by atoms with Gasteiger partial charge in [-0.05, 0) is 23.8 Å². The number of aliphatic hydroxyl groups excluding tert-OH is 2. The molecule has 0 spiro atoms. The molecule has 20 heavy (non-hydrogen) atoms. The van der Waals surface area contributed by atoms with E-state index in [-0.39, 0.29) is 19.0 Å². The van der Waals surface area contributed by atoms with Gasteiger partial charge in [0.2, 0.25) is 0 Å². The lowest BCUT2D eigenvalue weighted by atomic mass is 10.1. The first-order chi connectivity index (χ1) is 9.47. The molecule has 2 unspecified atom stereocenters. The van der Waals surface area contributed by atoms with Crippen molar-refractivity contribution in [2.24, 2.45) is 0 Å². The van der Waals surface area contributed by atoms with E-state index in [2.05, 4.69) is 0 Å². The number of amides is 1. The molecular formula is C14H15NO5. The molecule has 0 aromatic heterocycles. The normalized spacial score (nSPS) is 22.4. The lowest BCUT2D eigenvalue weighted by molar-refractivity contribution is -0.131. The van der Waals surface area contributed by atoms with Gasteiger partial charge in [0.1, 0.15) is 0 Å². The maximum absolute atomic E-state index is 12.1. The molecule has 6 nitrogen and oxygen atoms in total. The number of aliphatic hydroxyl groups is 2. The maximum Gasteiger partial charge on any atom is 0.328 e. The number of carboxylic acids is 1. The van der Waals surface area contributed by atoms with Crippen LogP contribution in [0.4, 0.5) is 0 Å². The van der Waals surface area contributed by atoms with Gasteiger partial charge in [-0.3, -0.25) is 4.79 Å². The van der Waals surface area contributed by atoms with Crippen LogP contribution in [0.15, 0.2) is 30.3 Å². The molecule has 3 N–H and O–H groups in total. The van der Waals surface area contributed by atoms with Gasteiger partial charge in [-0.2, -0.15) is 0 Å². The van der Waals surface area contributed by atoms with Crippen LogP contribution in [0.5, 0.6) is 0 Å². The molecule has 6 heteroatoms. The molecule has 0 bridgehead atoms. The summed E-state index contributed by atoms with van der Waals surface area (Å²) in [4.78, 5) is 23.9. The minimum atomic E-state index is -1.04. The fraction of sp³-hybridized carbons (Fsp3) is 0.286. The second kappa shape index (κ2) is 5.85. The zero-order valence-electron chi connectivity index (χ0n) is 10.6. The number of carboxylic acid groups (broad SMARTS) is 1. The van der Waals surface area contributed by atoms with Crippen molar-refractivity contribution in [1.29, 1.82) is 0 Å². The van der Waals surface area contributed by atoms with Crippen molar-refractivity contribution in [3.63, 3.8) is 0 Å². The maximum atomic E-state index is 12.1. The van der Waals surface area contributed by atoms with E-state index >= 15 is 0 Å². The molecule has 1 amide bonds. The predicted octanol–water partition coefficient (Wildman–Crippen LogP) is -0.0380. The Labute approximate surface area is 115 Å². The number of carbonyl (C=O) groups excluding carboxylic acids is 1. The molecule has 0 aliphatic carbocycles. The fourth-order valence-corrected chi connectivity index (χ4v) is 2.02. The van der Waals surface area contributed by atoms with E-state index in [1.54, 1.807) is 24.3 Å². The second-order valence-electron chi connectivity index (χ2n) is 4.64. The lowest BCUT2D eigenvalue weighted by Crippen LogP contribution is -2.29. The minimum Gasteiger partial charge on any atom is -0.478 e. The van der Waals surface area contributed by atoms with Gasteiger partial charge in [0.25, 0.3) is 5.91 Å². The van der Waals surface area contributed by atoms with Crippen LogP contribution in [0.3, 0.4) is 0 Å². The number of likely N-dealkylation sites (tertiary alicyclic amines) is 1. The Morgan fingerprint density at radius 3 is 2.15 bits per heavy atom. The number of nitrogens with zero attached hydrogens (tertiary/aromatic N) is 1. The summed E-state index contributed by atoms with van der Waals surface area (Å²) in [6.45, 7) is 0.224. The SMILES string of the molecule is O=C(O)/C=C/c1ccc(C(=O)N2CC(O)C(O)C2)cc1. The van der Waals surface area contributed by atoms with Gasteiger partial charge in [0.15, 0.2) is 0 Å². The summed E-state index contributed by atoms with van der Waals surface area (Å²) in [5.41, 5.74) is 1.10. The zero-order valence-corrected chi connectivity index (χ0v) is 10.6. The Kier molecular flexibility index (Phi) is 4.16. The zero-order chi connectivity index (χ0) is 14.7. The molecule has 0 radical (unpaired) electrons. The standard InChI is InChI=1S/C14H15NO5/c16-11-7-15(8-12(11)17)14(20)10-4-1-9(2-5-10)3-6-13(18)19/h1-6,11-12,16-17H,7-8H2,(H,18,19)/b6-3+. The Balaban J connectivity index is 2.06. The summed E-state index contributed by atoms with van der Waals surface area (Å²) in [7, 11) is 0. The van der Waals surface area contributed by atoms with E-state index in [1.807, 2.05) is 0 Å². The predicted molar refractivity (Wildman–Crippen MR) is 71.0 cm³/mol. The molecule has 106 valence electrons. The Morgan fingerprint density at radius 1 is 1.10 bits per heavy atom. The van der Waals surface area contributed by atoms with E-state index in [4.69, 9.17) is 5.11 Å². The highest BCUT2D eigenvalue weighted by atomic mass is 16.4. The van der Waals surface area contributed by atoms with Crippen molar-refractivity contribution < 1.29 is 24.9 Å². The van der Waals surface area contributed by atoms with Crippen molar-refractivity contribution in [2.75, 3.05) is 13.1 Å². The first-order valence-corrected chi connectivity index (χ1v) is 6.14. The van der Waals surface area contributed by atoms with E-state index in [9.17, 15) is 19.8 Å². The van der Waals surface area contributed by atoms with Gasteiger partial charge in [0, 0.05) is 24.7 Å². The molecule has 1 fully saturated rings. The number of hydrogen-bond donors (Lipinski definition) is 3. The fourth-order valence-electron chi connectivity index (χ4n) is 2.02. The summed E-state index contributed by atoms with van der Waals surface area (Å²) in [5, 5.41) is 27.4. The minimum absolute atomic E-state index is 0.112. The van der Waals surface area contributed by atoms with Crippen LogP contribution >= 0.6 is 0 Å². The van der Waals surface area contributed by atoms with Gasteiger partial charge in [-0.15, -0.1) is 0 Å². The topological polar surface area (TPSA) is 98.1 Å². The van der Waals surface area contributed by atoms with Crippen LogP contribution in [0.1, 0.15) is 15.9 Å². The van der Waals surface area contributed by atoms with Crippen molar-refractivity contribution >= 4 is 18.0 Å². The summed E-state index contributed by atoms with van der Waals surface area (Å²) in [5.74, 6) is -1.31. The van der Waals surface area contributed by atoms with Gasteiger partial charge in [-0.25, -0.2) is 4.79 Å². The monoisotopic (exact) mass is 277 g/mol. The molecule has 1 saturated heterocycles. The number of carbonyl (C=O) groups is 2. The molecule has 0 saturated carbocycles. The number of hydrogen-bond acceptors (Lipinski definition) is 4. The van der Waals surface area contributed by atoms with Crippen LogP contribution in [-0.2, 0) is 4.79 Å². The summed E-state index contributed by atoms with van der Waals surface area (Å²) >= 11 is 0. The lowest BCUT2D eigenvalue weighted by Gasteiger charge is -2.15. The first kappa shape index (κ1) is 14.2. The highest BCUT2D eigenvalue weighted by Crippen LogP contribution is 2.15. The van der Waals surface area contributed by atoms with Crippen molar-refractivity contribution in [3.8, 4) is 0 Å². The van der Waals surface area contributed by atoms with E-state index in [1.165, 1.54) is 11.0 Å². The third-order valence-electron chi connectivity index (χ3n) is 3.12. The molecule has 2 rings (SSSR count). The number of benzene rings is 1. The first-order valence-electron chi connectivity index (χ1n) is 6.14. The molecular weight excluding hydrogens is 262 g/mol. The summed E-state index contributed by atoms with van der Waals surface area (Å²) < 4.78 is 0. The number of β-amino-alcohol motifs (C(OH)–C–C–N with tert-alkyl or cyclic N) is 2. The van der Waals surface area contributed by atoms with Crippen LogP contribution in [0, 0.1) is 0 Å². The van der Waals surface area contributed by atoms with Crippen LogP contribution < -0.4 is 0 Å². The van der Waals surface area contributed by atoms with Crippen LogP contribution in [0.25, 0.3) is 6.08 Å². The third kappa shape index (κ3) is 3.23. The Bertz CT molecular complexity index is 527. The molecule has 1 aliphatic rings. The van der Waals surface area contributed by atoms with Gasteiger partial charge >= 0.3 is 5.97 Å². The Morgan fingerprint density at radius 2 is 1.65 bits per heavy atom. The molecule has 1 aromatic carbocycles. The van der Waals surface area contributed by atoms with E-state index < -0.39 is 18.2 Å². The van der Waals surface area contributed by atoms with Crippen LogP contribution in [0.2, 0.25) is 0 Å². The third-order valence-corrected chi connectivity index (χ3v) is 3.12. The summed E-state index contributed by atoms with van der Waals surface area (Å²) in [6.07, 6.45) is 0.637. The van der Waals surface area contributed by atoms with Gasteiger partial charge in [-0.1, -0.05) is 12.1 Å². The highest BCUT2D eigenvalue weighted by Gasteiger charge is 2.32. The smallest absolute Gasteiger partial charge is 0.328 e.